The van der Waals surface area contributed by atoms with Gasteiger partial charge in [0.25, 0.3) is 0 Å². The number of anilines is 1. The normalized spacial score (nSPS) is 13.6. The van der Waals surface area contributed by atoms with Gasteiger partial charge in [0, 0.05) is 10.5 Å². The van der Waals surface area contributed by atoms with E-state index in [4.69, 9.17) is 11.0 Å². The lowest BCUT2D eigenvalue weighted by Gasteiger charge is -2.16. The maximum absolute atomic E-state index is 11.8. The van der Waals surface area contributed by atoms with Crippen LogP contribution in [-0.2, 0) is 4.79 Å². The maximum Gasteiger partial charge on any atom is 0.228 e. The van der Waals surface area contributed by atoms with Gasteiger partial charge in [-0.2, -0.15) is 5.26 Å². The first-order valence-corrected chi connectivity index (χ1v) is 6.01. The van der Waals surface area contributed by atoms with Crippen molar-refractivity contribution in [3.8, 4) is 6.07 Å². The minimum atomic E-state index is -0.305. The quantitative estimate of drug-likeness (QED) is 0.897. The molecular formula is C12H14BrN3O. The molecule has 0 spiro atoms. The van der Waals surface area contributed by atoms with E-state index in [-0.39, 0.29) is 17.9 Å². The number of carbonyl (C=O) groups excluding carboxylic acids is 1. The van der Waals surface area contributed by atoms with Crippen molar-refractivity contribution in [1.82, 2.24) is 0 Å². The monoisotopic (exact) mass is 295 g/mol. The van der Waals surface area contributed by atoms with E-state index in [0.29, 0.717) is 11.3 Å². The summed E-state index contributed by atoms with van der Waals surface area (Å²) in [7, 11) is 0. The molecule has 0 saturated heterocycles. The van der Waals surface area contributed by atoms with E-state index in [1.54, 1.807) is 32.0 Å². The van der Waals surface area contributed by atoms with Crippen LogP contribution < -0.4 is 11.1 Å². The maximum atomic E-state index is 11.8. The number of nitrogens with one attached hydrogen (secondary N) is 1. The summed E-state index contributed by atoms with van der Waals surface area (Å²) in [6.45, 7) is 3.53. The lowest BCUT2D eigenvalue weighted by molar-refractivity contribution is -0.119. The van der Waals surface area contributed by atoms with Gasteiger partial charge in [-0.15, -0.1) is 0 Å². The molecular weight excluding hydrogens is 282 g/mol. The van der Waals surface area contributed by atoms with E-state index >= 15 is 0 Å². The van der Waals surface area contributed by atoms with Gasteiger partial charge in [0.05, 0.1) is 17.2 Å². The Bertz CT molecular complexity index is 465. The Hall–Kier alpha value is -1.38. The minimum absolute atomic E-state index is 0.186. The van der Waals surface area contributed by atoms with E-state index in [0.717, 1.165) is 4.47 Å². The highest BCUT2D eigenvalue weighted by atomic mass is 79.9. The average Bonchev–Trinajstić information content (AvgIpc) is 2.28. The second kappa shape index (κ2) is 5.80. The van der Waals surface area contributed by atoms with Crippen molar-refractivity contribution in [2.75, 3.05) is 5.32 Å². The summed E-state index contributed by atoms with van der Waals surface area (Å²) in [4.78, 5) is 11.8. The smallest absolute Gasteiger partial charge is 0.228 e. The Morgan fingerprint density at radius 2 is 2.18 bits per heavy atom. The zero-order valence-corrected chi connectivity index (χ0v) is 11.3. The highest BCUT2D eigenvalue weighted by molar-refractivity contribution is 9.10. The van der Waals surface area contributed by atoms with Gasteiger partial charge < -0.3 is 11.1 Å². The van der Waals surface area contributed by atoms with Crippen molar-refractivity contribution < 1.29 is 4.79 Å². The zero-order chi connectivity index (χ0) is 13.0. The number of nitrogens with zero attached hydrogens (tertiary/aromatic N) is 1. The molecule has 5 heteroatoms. The first-order valence-electron chi connectivity index (χ1n) is 5.21. The summed E-state index contributed by atoms with van der Waals surface area (Å²) in [6, 6.07) is 6.90. The molecule has 0 aliphatic heterocycles. The van der Waals surface area contributed by atoms with E-state index in [9.17, 15) is 4.79 Å². The molecule has 3 N–H and O–H groups in total. The van der Waals surface area contributed by atoms with Crippen molar-refractivity contribution in [3.63, 3.8) is 0 Å². The number of nitrogens with two attached hydrogens (primary N) is 1. The van der Waals surface area contributed by atoms with Crippen molar-refractivity contribution in [2.45, 2.75) is 19.9 Å². The Labute approximate surface area is 109 Å². The highest BCUT2D eigenvalue weighted by Crippen LogP contribution is 2.21. The van der Waals surface area contributed by atoms with Crippen LogP contribution in [0.3, 0.4) is 0 Å². The second-order valence-electron chi connectivity index (χ2n) is 3.94. The van der Waals surface area contributed by atoms with Gasteiger partial charge >= 0.3 is 0 Å². The predicted molar refractivity (Wildman–Crippen MR) is 70.3 cm³/mol. The van der Waals surface area contributed by atoms with Gasteiger partial charge in [-0.3, -0.25) is 4.79 Å². The lowest BCUT2D eigenvalue weighted by atomic mass is 10.0. The largest absolute Gasteiger partial charge is 0.327 e. The third-order valence-electron chi connectivity index (χ3n) is 2.56. The van der Waals surface area contributed by atoms with Crippen LogP contribution in [0.4, 0.5) is 5.69 Å². The molecule has 2 unspecified atom stereocenters. The van der Waals surface area contributed by atoms with E-state index in [1.165, 1.54) is 0 Å². The van der Waals surface area contributed by atoms with Crippen molar-refractivity contribution >= 4 is 27.5 Å². The summed E-state index contributed by atoms with van der Waals surface area (Å²) >= 11 is 3.30. The van der Waals surface area contributed by atoms with Gasteiger partial charge in [-0.1, -0.05) is 22.9 Å². The fourth-order valence-electron chi connectivity index (χ4n) is 1.20. The molecule has 0 aromatic heterocycles. The minimum Gasteiger partial charge on any atom is -0.327 e. The molecule has 1 rings (SSSR count). The Morgan fingerprint density at radius 3 is 2.71 bits per heavy atom. The number of hydrogen-bond acceptors (Lipinski definition) is 3. The molecule has 1 aromatic carbocycles. The number of rotatable bonds is 3. The number of amides is 1. The van der Waals surface area contributed by atoms with Crippen LogP contribution in [0, 0.1) is 17.2 Å². The molecule has 2 atom stereocenters. The van der Waals surface area contributed by atoms with Crippen LogP contribution in [0.2, 0.25) is 0 Å². The first-order chi connectivity index (χ1) is 7.95. The standard InChI is InChI=1S/C12H14BrN3O/c1-7(8(2)15)12(17)16-11-5-10(13)4-3-9(11)6-14/h3-5,7-8H,15H2,1-2H3,(H,16,17). The molecule has 0 heterocycles. The SMILES string of the molecule is CC(N)C(C)C(=O)Nc1cc(Br)ccc1C#N. The summed E-state index contributed by atoms with van der Waals surface area (Å²) in [5, 5.41) is 11.6. The van der Waals surface area contributed by atoms with E-state index in [1.807, 2.05) is 6.07 Å². The average molecular weight is 296 g/mol. The van der Waals surface area contributed by atoms with Crippen LogP contribution in [-0.4, -0.2) is 11.9 Å². The third-order valence-corrected chi connectivity index (χ3v) is 3.06. The van der Waals surface area contributed by atoms with Crippen LogP contribution >= 0.6 is 15.9 Å². The molecule has 0 fully saturated rings. The number of hydrogen-bond donors (Lipinski definition) is 2. The molecule has 90 valence electrons. The van der Waals surface area contributed by atoms with Crippen LogP contribution in [0.5, 0.6) is 0 Å². The second-order valence-corrected chi connectivity index (χ2v) is 4.85. The van der Waals surface area contributed by atoms with Gasteiger partial charge in [0.2, 0.25) is 5.91 Å². The summed E-state index contributed by atoms with van der Waals surface area (Å²) < 4.78 is 0.806. The number of benzene rings is 1. The topological polar surface area (TPSA) is 78.9 Å². The fraction of sp³-hybridized carbons (Fsp3) is 0.333. The Morgan fingerprint density at radius 1 is 1.53 bits per heavy atom. The lowest BCUT2D eigenvalue weighted by Crippen LogP contribution is -2.34. The summed E-state index contributed by atoms with van der Waals surface area (Å²) in [5.41, 5.74) is 6.58. The van der Waals surface area contributed by atoms with E-state index in [2.05, 4.69) is 21.2 Å². The van der Waals surface area contributed by atoms with Crippen molar-refractivity contribution in [1.29, 1.82) is 5.26 Å². The number of halogens is 1. The third kappa shape index (κ3) is 3.55. The van der Waals surface area contributed by atoms with Gasteiger partial charge in [-0.25, -0.2) is 0 Å². The predicted octanol–water partition coefficient (Wildman–Crippen LogP) is 2.24. The van der Waals surface area contributed by atoms with E-state index < -0.39 is 0 Å². The van der Waals surface area contributed by atoms with Crippen molar-refractivity contribution in [3.05, 3.63) is 28.2 Å². The zero-order valence-electron chi connectivity index (χ0n) is 9.70. The molecule has 0 aliphatic rings. The first kappa shape index (κ1) is 13.7. The highest BCUT2D eigenvalue weighted by Gasteiger charge is 2.18. The van der Waals surface area contributed by atoms with Crippen LogP contribution in [0.25, 0.3) is 0 Å². The molecule has 4 nitrogen and oxygen atoms in total. The molecule has 0 bridgehead atoms. The Balaban J connectivity index is 2.92. The number of carbonyl (C=O) groups is 1. The summed E-state index contributed by atoms with van der Waals surface area (Å²) in [6.07, 6.45) is 0. The van der Waals surface area contributed by atoms with Crippen molar-refractivity contribution in [2.24, 2.45) is 11.7 Å². The molecule has 0 saturated carbocycles. The summed E-state index contributed by atoms with van der Waals surface area (Å²) in [5.74, 6) is -0.491. The van der Waals surface area contributed by atoms with Crippen LogP contribution in [0.1, 0.15) is 19.4 Å². The molecule has 1 amide bonds. The molecule has 1 aromatic rings. The van der Waals surface area contributed by atoms with Gasteiger partial charge in [-0.05, 0) is 25.1 Å². The fourth-order valence-corrected chi connectivity index (χ4v) is 1.56. The van der Waals surface area contributed by atoms with Crippen LogP contribution in [0.15, 0.2) is 22.7 Å². The molecule has 0 aliphatic carbocycles. The number of nitriles is 1. The molecule has 0 radical (unpaired) electrons. The Kier molecular flexibility index (Phi) is 4.67. The van der Waals surface area contributed by atoms with Gasteiger partial charge in [0.1, 0.15) is 6.07 Å². The molecule has 17 heavy (non-hydrogen) atoms. The van der Waals surface area contributed by atoms with Gasteiger partial charge in [0.15, 0.2) is 0 Å².